The van der Waals surface area contributed by atoms with Gasteiger partial charge >= 0.3 is 0 Å². The Morgan fingerprint density at radius 1 is 1.22 bits per heavy atom. The number of anilines is 1. The van der Waals surface area contributed by atoms with Crippen LogP contribution >= 0.6 is 0 Å². The zero-order chi connectivity index (χ0) is 13.5. The molecular formula is C14H26N4. The van der Waals surface area contributed by atoms with Crippen LogP contribution in [-0.4, -0.2) is 50.7 Å². The van der Waals surface area contributed by atoms with Crippen molar-refractivity contribution in [3.8, 4) is 0 Å². The van der Waals surface area contributed by atoms with Gasteiger partial charge in [0.2, 0.25) is 0 Å². The van der Waals surface area contributed by atoms with Crippen molar-refractivity contribution in [2.45, 2.75) is 19.9 Å². The third kappa shape index (κ3) is 4.63. The van der Waals surface area contributed by atoms with Crippen LogP contribution in [0.1, 0.15) is 25.5 Å². The molecule has 1 unspecified atom stereocenters. The first-order chi connectivity index (χ1) is 8.54. The van der Waals surface area contributed by atoms with Gasteiger partial charge < -0.3 is 15.1 Å². The molecule has 0 saturated heterocycles. The minimum Gasteiger partial charge on any atom is -0.358 e. The maximum atomic E-state index is 4.53. The topological polar surface area (TPSA) is 31.4 Å². The second-order valence-corrected chi connectivity index (χ2v) is 4.95. The number of pyridine rings is 1. The summed E-state index contributed by atoms with van der Waals surface area (Å²) in [5.41, 5.74) is 1.24. The van der Waals surface area contributed by atoms with Crippen LogP contribution in [0.5, 0.6) is 0 Å². The van der Waals surface area contributed by atoms with E-state index in [2.05, 4.69) is 67.2 Å². The Kier molecular flexibility index (Phi) is 6.09. The fourth-order valence-electron chi connectivity index (χ4n) is 1.77. The quantitative estimate of drug-likeness (QED) is 0.799. The van der Waals surface area contributed by atoms with Crippen molar-refractivity contribution in [2.24, 2.45) is 0 Å². The second-order valence-electron chi connectivity index (χ2n) is 4.95. The lowest BCUT2D eigenvalue weighted by atomic mass is 10.1. The lowest BCUT2D eigenvalue weighted by molar-refractivity contribution is 0.416. The molecule has 1 heterocycles. The summed E-state index contributed by atoms with van der Waals surface area (Å²) in [5.74, 6) is 1.03. The van der Waals surface area contributed by atoms with Gasteiger partial charge in [0.25, 0.3) is 0 Å². The zero-order valence-electron chi connectivity index (χ0n) is 12.3. The second kappa shape index (κ2) is 7.34. The normalized spacial score (nSPS) is 12.8. The molecule has 0 spiro atoms. The van der Waals surface area contributed by atoms with Crippen molar-refractivity contribution in [1.82, 2.24) is 15.2 Å². The fourth-order valence-corrected chi connectivity index (χ4v) is 1.77. The molecule has 1 rings (SSSR count). The van der Waals surface area contributed by atoms with E-state index in [0.717, 1.165) is 25.5 Å². The predicted molar refractivity (Wildman–Crippen MR) is 78.2 cm³/mol. The van der Waals surface area contributed by atoms with Gasteiger partial charge in [-0.2, -0.15) is 0 Å². The maximum Gasteiger partial charge on any atom is 0.128 e. The molecule has 1 aromatic heterocycles. The highest BCUT2D eigenvalue weighted by Crippen LogP contribution is 2.14. The molecule has 4 nitrogen and oxygen atoms in total. The molecule has 1 N–H and O–H groups in total. The van der Waals surface area contributed by atoms with Crippen LogP contribution in [0.2, 0.25) is 0 Å². The molecule has 0 bridgehead atoms. The Morgan fingerprint density at radius 3 is 2.44 bits per heavy atom. The number of hydrogen-bond acceptors (Lipinski definition) is 4. The SMILES string of the molecule is CCNC(C)c1ccc(N(C)CCN(C)C)nc1. The molecule has 4 heteroatoms. The van der Waals surface area contributed by atoms with E-state index in [1.807, 2.05) is 6.20 Å². The van der Waals surface area contributed by atoms with Crippen LogP contribution < -0.4 is 10.2 Å². The number of nitrogens with zero attached hydrogens (tertiary/aromatic N) is 3. The lowest BCUT2D eigenvalue weighted by Crippen LogP contribution is -2.29. The van der Waals surface area contributed by atoms with Gasteiger partial charge in [-0.1, -0.05) is 13.0 Å². The van der Waals surface area contributed by atoms with Gasteiger partial charge in [0.1, 0.15) is 5.82 Å². The number of rotatable bonds is 7. The average Bonchev–Trinajstić information content (AvgIpc) is 2.36. The molecule has 0 aromatic carbocycles. The van der Waals surface area contributed by atoms with Gasteiger partial charge in [-0.05, 0) is 39.2 Å². The molecule has 0 aliphatic carbocycles. The average molecular weight is 250 g/mol. The predicted octanol–water partition coefficient (Wildman–Crippen LogP) is 1.75. The Morgan fingerprint density at radius 2 is 1.94 bits per heavy atom. The molecule has 0 aliphatic rings. The van der Waals surface area contributed by atoms with Crippen molar-refractivity contribution >= 4 is 5.82 Å². The summed E-state index contributed by atoms with van der Waals surface area (Å²) in [4.78, 5) is 8.89. The highest BCUT2D eigenvalue weighted by molar-refractivity contribution is 5.38. The fraction of sp³-hybridized carbons (Fsp3) is 0.643. The van der Waals surface area contributed by atoms with Crippen molar-refractivity contribution in [1.29, 1.82) is 0 Å². The minimum atomic E-state index is 0.364. The van der Waals surface area contributed by atoms with Gasteiger partial charge in [-0.3, -0.25) is 0 Å². The van der Waals surface area contributed by atoms with Crippen molar-refractivity contribution in [3.05, 3.63) is 23.9 Å². The number of nitrogens with one attached hydrogen (secondary N) is 1. The van der Waals surface area contributed by atoms with Crippen LogP contribution in [0.25, 0.3) is 0 Å². The van der Waals surface area contributed by atoms with Crippen LogP contribution in [0.3, 0.4) is 0 Å². The van der Waals surface area contributed by atoms with E-state index < -0.39 is 0 Å². The molecule has 0 radical (unpaired) electrons. The third-order valence-electron chi connectivity index (χ3n) is 3.05. The lowest BCUT2D eigenvalue weighted by Gasteiger charge is -2.21. The molecule has 0 aliphatic heterocycles. The first-order valence-corrected chi connectivity index (χ1v) is 6.59. The molecule has 1 atom stereocenters. The monoisotopic (exact) mass is 250 g/mol. The van der Waals surface area contributed by atoms with Crippen LogP contribution in [0, 0.1) is 0 Å². The molecule has 0 amide bonds. The molecule has 1 aromatic rings. The van der Waals surface area contributed by atoms with Crippen LogP contribution in [0.15, 0.2) is 18.3 Å². The van der Waals surface area contributed by atoms with E-state index >= 15 is 0 Å². The smallest absolute Gasteiger partial charge is 0.128 e. The number of hydrogen-bond donors (Lipinski definition) is 1. The summed E-state index contributed by atoms with van der Waals surface area (Å²) in [5, 5.41) is 3.39. The highest BCUT2D eigenvalue weighted by Gasteiger charge is 2.06. The first kappa shape index (κ1) is 14.9. The number of likely N-dealkylation sites (N-methyl/N-ethyl adjacent to an activating group) is 2. The van der Waals surface area contributed by atoms with E-state index in [1.54, 1.807) is 0 Å². The van der Waals surface area contributed by atoms with E-state index in [-0.39, 0.29) is 0 Å². The van der Waals surface area contributed by atoms with E-state index in [0.29, 0.717) is 6.04 Å². The van der Waals surface area contributed by atoms with Crippen molar-refractivity contribution in [2.75, 3.05) is 45.7 Å². The zero-order valence-corrected chi connectivity index (χ0v) is 12.3. The standard InChI is InChI=1S/C14H26N4/c1-6-15-12(2)13-7-8-14(16-11-13)18(5)10-9-17(3)4/h7-8,11-12,15H,6,9-10H2,1-5H3. The van der Waals surface area contributed by atoms with Gasteiger partial charge in [0.15, 0.2) is 0 Å². The Bertz CT molecular complexity index is 334. The summed E-state index contributed by atoms with van der Waals surface area (Å²) in [6, 6.07) is 4.62. The van der Waals surface area contributed by atoms with Crippen molar-refractivity contribution < 1.29 is 0 Å². The molecule has 102 valence electrons. The van der Waals surface area contributed by atoms with Crippen LogP contribution in [-0.2, 0) is 0 Å². The van der Waals surface area contributed by atoms with E-state index in [4.69, 9.17) is 0 Å². The summed E-state index contributed by atoms with van der Waals surface area (Å²) in [6.07, 6.45) is 1.97. The number of aromatic nitrogens is 1. The van der Waals surface area contributed by atoms with Crippen LogP contribution in [0.4, 0.5) is 5.82 Å². The largest absolute Gasteiger partial charge is 0.358 e. The van der Waals surface area contributed by atoms with Crippen molar-refractivity contribution in [3.63, 3.8) is 0 Å². The summed E-state index contributed by atoms with van der Waals surface area (Å²) < 4.78 is 0. The third-order valence-corrected chi connectivity index (χ3v) is 3.05. The maximum absolute atomic E-state index is 4.53. The van der Waals surface area contributed by atoms with Gasteiger partial charge in [0, 0.05) is 32.4 Å². The Balaban J connectivity index is 2.58. The summed E-state index contributed by atoms with van der Waals surface area (Å²) in [7, 11) is 6.25. The Hall–Kier alpha value is -1.13. The van der Waals surface area contributed by atoms with Gasteiger partial charge in [0.05, 0.1) is 0 Å². The molecule has 18 heavy (non-hydrogen) atoms. The highest BCUT2D eigenvalue weighted by atomic mass is 15.2. The summed E-state index contributed by atoms with van der Waals surface area (Å²) >= 11 is 0. The molecular weight excluding hydrogens is 224 g/mol. The minimum absolute atomic E-state index is 0.364. The van der Waals surface area contributed by atoms with E-state index in [9.17, 15) is 0 Å². The molecule has 0 fully saturated rings. The van der Waals surface area contributed by atoms with E-state index in [1.165, 1.54) is 5.56 Å². The first-order valence-electron chi connectivity index (χ1n) is 6.59. The van der Waals surface area contributed by atoms with Gasteiger partial charge in [-0.15, -0.1) is 0 Å². The Labute approximate surface area is 111 Å². The molecule has 0 saturated carbocycles. The van der Waals surface area contributed by atoms with Gasteiger partial charge in [-0.25, -0.2) is 4.98 Å². The summed E-state index contributed by atoms with van der Waals surface area (Å²) in [6.45, 7) is 7.28.